The Morgan fingerprint density at radius 2 is 2.11 bits per heavy atom. The van der Waals surface area contributed by atoms with Gasteiger partial charge in [0, 0.05) is 31.2 Å². The van der Waals surface area contributed by atoms with Crippen LogP contribution in [0.15, 0.2) is 24.3 Å². The third-order valence-corrected chi connectivity index (χ3v) is 3.45. The smallest absolute Gasteiger partial charge is 0.251 e. The van der Waals surface area contributed by atoms with Crippen LogP contribution >= 0.6 is 0 Å². The molecule has 4 nitrogen and oxygen atoms in total. The number of aryl methyl sites for hydroxylation is 1. The highest BCUT2D eigenvalue weighted by molar-refractivity contribution is 5.94. The molecular weight excluding hydrogens is 238 g/mol. The minimum absolute atomic E-state index is 0.000733. The van der Waals surface area contributed by atoms with Crippen molar-refractivity contribution in [2.75, 3.05) is 26.2 Å². The SMILES string of the molecule is Cc1ccc(C(=O)NCCNCC2CCCN2)cc1. The standard InChI is InChI=1S/C15H23N3O/c1-12-4-6-13(7-5-12)15(19)18-10-9-16-11-14-3-2-8-17-14/h4-7,14,16-17H,2-3,8-11H2,1H3,(H,18,19). The van der Waals surface area contributed by atoms with Crippen LogP contribution in [-0.2, 0) is 0 Å². The summed E-state index contributed by atoms with van der Waals surface area (Å²) in [7, 11) is 0. The van der Waals surface area contributed by atoms with Gasteiger partial charge >= 0.3 is 0 Å². The molecular formula is C15H23N3O. The molecule has 1 heterocycles. The van der Waals surface area contributed by atoms with E-state index in [0.29, 0.717) is 12.6 Å². The Labute approximate surface area is 115 Å². The third-order valence-electron chi connectivity index (χ3n) is 3.45. The first-order valence-corrected chi connectivity index (χ1v) is 7.04. The minimum atomic E-state index is 0.000733. The molecule has 1 amide bonds. The molecule has 4 heteroatoms. The molecule has 1 aromatic rings. The number of amides is 1. The highest BCUT2D eigenvalue weighted by Gasteiger charge is 2.12. The Morgan fingerprint density at radius 1 is 1.32 bits per heavy atom. The van der Waals surface area contributed by atoms with Crippen LogP contribution in [0.4, 0.5) is 0 Å². The van der Waals surface area contributed by atoms with Crippen molar-refractivity contribution in [3.8, 4) is 0 Å². The Kier molecular flexibility index (Phi) is 5.36. The van der Waals surface area contributed by atoms with Gasteiger partial charge in [-0.3, -0.25) is 4.79 Å². The summed E-state index contributed by atoms with van der Waals surface area (Å²) in [6, 6.07) is 8.24. The molecule has 0 aliphatic carbocycles. The summed E-state index contributed by atoms with van der Waals surface area (Å²) >= 11 is 0. The fourth-order valence-electron chi connectivity index (χ4n) is 2.28. The molecule has 1 aliphatic rings. The minimum Gasteiger partial charge on any atom is -0.351 e. The molecule has 0 radical (unpaired) electrons. The summed E-state index contributed by atoms with van der Waals surface area (Å²) in [5.74, 6) is 0.000733. The van der Waals surface area contributed by atoms with Crippen LogP contribution in [0.25, 0.3) is 0 Å². The van der Waals surface area contributed by atoms with Gasteiger partial charge in [-0.15, -0.1) is 0 Å². The molecule has 1 aliphatic heterocycles. The Morgan fingerprint density at radius 3 is 2.79 bits per heavy atom. The fraction of sp³-hybridized carbons (Fsp3) is 0.533. The summed E-state index contributed by atoms with van der Waals surface area (Å²) in [5, 5.41) is 9.73. The van der Waals surface area contributed by atoms with E-state index in [1.165, 1.54) is 18.4 Å². The second-order valence-electron chi connectivity index (χ2n) is 5.12. The molecule has 1 atom stereocenters. The highest BCUT2D eigenvalue weighted by Crippen LogP contribution is 2.03. The summed E-state index contributed by atoms with van der Waals surface area (Å²) in [4.78, 5) is 11.8. The van der Waals surface area contributed by atoms with Crippen LogP contribution in [-0.4, -0.2) is 38.1 Å². The zero-order chi connectivity index (χ0) is 13.5. The summed E-state index contributed by atoms with van der Waals surface area (Å²) < 4.78 is 0. The van der Waals surface area contributed by atoms with Crippen molar-refractivity contribution in [2.24, 2.45) is 0 Å². The van der Waals surface area contributed by atoms with E-state index in [4.69, 9.17) is 0 Å². The maximum Gasteiger partial charge on any atom is 0.251 e. The van der Waals surface area contributed by atoms with Crippen molar-refractivity contribution in [1.82, 2.24) is 16.0 Å². The van der Waals surface area contributed by atoms with E-state index in [-0.39, 0.29) is 5.91 Å². The van der Waals surface area contributed by atoms with E-state index < -0.39 is 0 Å². The van der Waals surface area contributed by atoms with Gasteiger partial charge in [-0.05, 0) is 38.4 Å². The number of benzene rings is 1. The second-order valence-corrected chi connectivity index (χ2v) is 5.12. The highest BCUT2D eigenvalue weighted by atomic mass is 16.1. The van der Waals surface area contributed by atoms with Crippen LogP contribution in [0.3, 0.4) is 0 Å². The number of carbonyl (C=O) groups excluding carboxylic acids is 1. The summed E-state index contributed by atoms with van der Waals surface area (Å²) in [5.41, 5.74) is 1.89. The van der Waals surface area contributed by atoms with Crippen LogP contribution in [0, 0.1) is 6.92 Å². The van der Waals surface area contributed by atoms with Crippen LogP contribution in [0.5, 0.6) is 0 Å². The van der Waals surface area contributed by atoms with Crippen molar-refractivity contribution < 1.29 is 4.79 Å². The topological polar surface area (TPSA) is 53.2 Å². The maximum atomic E-state index is 11.8. The molecule has 0 spiro atoms. The summed E-state index contributed by atoms with van der Waals surface area (Å²) in [6.45, 7) is 5.62. The van der Waals surface area contributed by atoms with Crippen LogP contribution < -0.4 is 16.0 Å². The van der Waals surface area contributed by atoms with E-state index in [1.54, 1.807) is 0 Å². The van der Waals surface area contributed by atoms with E-state index in [9.17, 15) is 4.79 Å². The lowest BCUT2D eigenvalue weighted by molar-refractivity contribution is 0.0954. The molecule has 104 valence electrons. The van der Waals surface area contributed by atoms with Gasteiger partial charge in [-0.25, -0.2) is 0 Å². The van der Waals surface area contributed by atoms with Gasteiger partial charge in [0.15, 0.2) is 0 Å². The first-order valence-electron chi connectivity index (χ1n) is 7.04. The van der Waals surface area contributed by atoms with Crippen molar-refractivity contribution in [1.29, 1.82) is 0 Å². The van der Waals surface area contributed by atoms with E-state index in [0.717, 1.165) is 25.2 Å². The van der Waals surface area contributed by atoms with E-state index in [1.807, 2.05) is 31.2 Å². The largest absolute Gasteiger partial charge is 0.351 e. The quantitative estimate of drug-likeness (QED) is 0.671. The number of hydrogen-bond acceptors (Lipinski definition) is 3. The first-order chi connectivity index (χ1) is 9.25. The van der Waals surface area contributed by atoms with Crippen LogP contribution in [0.2, 0.25) is 0 Å². The van der Waals surface area contributed by atoms with E-state index in [2.05, 4.69) is 16.0 Å². The monoisotopic (exact) mass is 261 g/mol. The molecule has 0 bridgehead atoms. The average Bonchev–Trinajstić information content (AvgIpc) is 2.92. The summed E-state index contributed by atoms with van der Waals surface area (Å²) in [6.07, 6.45) is 2.53. The molecule has 1 unspecified atom stereocenters. The van der Waals surface area contributed by atoms with Gasteiger partial charge in [-0.2, -0.15) is 0 Å². The molecule has 3 N–H and O–H groups in total. The number of carbonyl (C=O) groups is 1. The fourth-order valence-corrected chi connectivity index (χ4v) is 2.28. The zero-order valence-corrected chi connectivity index (χ0v) is 11.5. The molecule has 0 aromatic heterocycles. The normalized spacial score (nSPS) is 18.5. The first kappa shape index (κ1) is 14.0. The zero-order valence-electron chi connectivity index (χ0n) is 11.5. The number of hydrogen-bond donors (Lipinski definition) is 3. The predicted octanol–water partition coefficient (Wildman–Crippen LogP) is 1.07. The van der Waals surface area contributed by atoms with Crippen molar-refractivity contribution >= 4 is 5.91 Å². The molecule has 19 heavy (non-hydrogen) atoms. The molecule has 1 saturated heterocycles. The molecule has 2 rings (SSSR count). The van der Waals surface area contributed by atoms with Crippen molar-refractivity contribution in [2.45, 2.75) is 25.8 Å². The third kappa shape index (κ3) is 4.65. The lowest BCUT2D eigenvalue weighted by atomic mass is 10.1. The van der Waals surface area contributed by atoms with Gasteiger partial charge in [0.25, 0.3) is 5.91 Å². The van der Waals surface area contributed by atoms with E-state index >= 15 is 0 Å². The number of nitrogens with one attached hydrogen (secondary N) is 3. The Bertz CT molecular complexity index is 396. The predicted molar refractivity (Wildman–Crippen MR) is 77.4 cm³/mol. The van der Waals surface area contributed by atoms with Crippen LogP contribution in [0.1, 0.15) is 28.8 Å². The molecule has 1 aromatic carbocycles. The second kappa shape index (κ2) is 7.26. The molecule has 0 saturated carbocycles. The maximum absolute atomic E-state index is 11.8. The van der Waals surface area contributed by atoms with Gasteiger partial charge in [0.2, 0.25) is 0 Å². The molecule has 1 fully saturated rings. The average molecular weight is 261 g/mol. The van der Waals surface area contributed by atoms with Gasteiger partial charge < -0.3 is 16.0 Å². The van der Waals surface area contributed by atoms with Gasteiger partial charge in [0.05, 0.1) is 0 Å². The van der Waals surface area contributed by atoms with Crippen molar-refractivity contribution in [3.63, 3.8) is 0 Å². The lowest BCUT2D eigenvalue weighted by Crippen LogP contribution is -2.38. The lowest BCUT2D eigenvalue weighted by Gasteiger charge is -2.11. The Hall–Kier alpha value is -1.39. The van der Waals surface area contributed by atoms with Crippen molar-refractivity contribution in [3.05, 3.63) is 35.4 Å². The van der Waals surface area contributed by atoms with Gasteiger partial charge in [-0.1, -0.05) is 17.7 Å². The van der Waals surface area contributed by atoms with Gasteiger partial charge in [0.1, 0.15) is 0 Å². The Balaban J connectivity index is 1.59. The number of rotatable bonds is 6.